The van der Waals surface area contributed by atoms with Crippen LogP contribution in [0.25, 0.3) is 21.9 Å². The Kier molecular flexibility index (Phi) is 7.48. The van der Waals surface area contributed by atoms with Gasteiger partial charge in [0, 0.05) is 17.1 Å². The maximum absolute atomic E-state index is 6.36. The van der Waals surface area contributed by atoms with Crippen LogP contribution in [0.4, 0.5) is 17.1 Å². The number of fused-ring (bicyclic) bond motifs is 3. The highest BCUT2D eigenvalue weighted by Gasteiger charge is 2.52. The zero-order chi connectivity index (χ0) is 34.3. The van der Waals surface area contributed by atoms with E-state index in [1.807, 2.05) is 0 Å². The highest BCUT2D eigenvalue weighted by molar-refractivity contribution is 6.62. The Bertz CT molecular complexity index is 1920. The normalized spacial score (nSPS) is 19.9. The molecule has 7 heteroatoms. The molecule has 0 bridgehead atoms. The molecule has 2 saturated heterocycles. The van der Waals surface area contributed by atoms with E-state index in [0.717, 1.165) is 34.4 Å². The van der Waals surface area contributed by atoms with Crippen molar-refractivity contribution in [2.45, 2.75) is 90.6 Å². The summed E-state index contributed by atoms with van der Waals surface area (Å²) in [6, 6.07) is 37.3. The van der Waals surface area contributed by atoms with Crippen LogP contribution in [-0.4, -0.2) is 36.6 Å². The van der Waals surface area contributed by atoms with E-state index in [1.54, 1.807) is 0 Å². The van der Waals surface area contributed by atoms with E-state index in [4.69, 9.17) is 18.6 Å². The van der Waals surface area contributed by atoms with Crippen molar-refractivity contribution in [3.05, 3.63) is 114 Å². The minimum atomic E-state index is -0.413. The molecule has 1 aliphatic carbocycles. The van der Waals surface area contributed by atoms with Crippen LogP contribution in [-0.2, 0) is 31.5 Å². The van der Waals surface area contributed by atoms with Gasteiger partial charge in [0.15, 0.2) is 0 Å². The van der Waals surface area contributed by atoms with Crippen molar-refractivity contribution in [2.24, 2.45) is 0 Å². The molecule has 0 unspecified atom stereocenters. The fraction of sp³-hybridized carbons (Fsp3) is 0.333. The number of benzene rings is 5. The second kappa shape index (κ2) is 11.3. The van der Waals surface area contributed by atoms with Gasteiger partial charge in [-0.05, 0) is 149 Å². The Morgan fingerprint density at radius 2 is 0.898 bits per heavy atom. The van der Waals surface area contributed by atoms with Crippen molar-refractivity contribution in [3.8, 4) is 11.1 Å². The Morgan fingerprint density at radius 3 is 1.31 bits per heavy atom. The third-order valence-electron chi connectivity index (χ3n) is 11.7. The van der Waals surface area contributed by atoms with Gasteiger partial charge in [0.05, 0.1) is 22.4 Å². The monoisotopic (exact) mass is 649 g/mol. The van der Waals surface area contributed by atoms with Gasteiger partial charge in [-0.1, -0.05) is 66.7 Å². The Labute approximate surface area is 291 Å². The lowest BCUT2D eigenvalue weighted by Gasteiger charge is -2.32. The van der Waals surface area contributed by atoms with E-state index in [-0.39, 0.29) is 0 Å². The number of hydrogen-bond donors (Lipinski definition) is 0. The molecule has 0 saturated carbocycles. The highest BCUT2D eigenvalue weighted by atomic mass is 16.7. The Morgan fingerprint density at radius 1 is 0.490 bits per heavy atom. The number of hydrogen-bond acceptors (Lipinski definition) is 5. The van der Waals surface area contributed by atoms with E-state index in [0.29, 0.717) is 0 Å². The van der Waals surface area contributed by atoms with Crippen molar-refractivity contribution < 1.29 is 18.6 Å². The van der Waals surface area contributed by atoms with Gasteiger partial charge in [0.25, 0.3) is 0 Å². The summed E-state index contributed by atoms with van der Waals surface area (Å²) in [7, 11) is -0.826. The Balaban J connectivity index is 1.15. The van der Waals surface area contributed by atoms with E-state index in [2.05, 4.69) is 163 Å². The largest absolute Gasteiger partial charge is 0.494 e. The average molecular weight is 649 g/mol. The van der Waals surface area contributed by atoms with Gasteiger partial charge in [0.1, 0.15) is 0 Å². The van der Waals surface area contributed by atoms with Crippen LogP contribution in [0.1, 0.15) is 66.5 Å². The molecule has 2 heterocycles. The van der Waals surface area contributed by atoms with Crippen LogP contribution in [0.2, 0.25) is 0 Å². The van der Waals surface area contributed by atoms with Crippen molar-refractivity contribution >= 4 is 53.0 Å². The van der Waals surface area contributed by atoms with E-state index >= 15 is 0 Å². The smallest absolute Gasteiger partial charge is 0.399 e. The van der Waals surface area contributed by atoms with Crippen molar-refractivity contribution in [2.75, 3.05) is 4.90 Å². The molecular weight excluding hydrogens is 604 g/mol. The SMILES string of the molecule is CC1(C)OB(c2ccc(N(c3ccc(B4OC(C)(C)C(C)(C)O4)cc3)c3ccc(-c4cc5c(c6ccccc46)CC5)cc3)cc2)OC1(C)C. The summed E-state index contributed by atoms with van der Waals surface area (Å²) < 4.78 is 25.4. The van der Waals surface area contributed by atoms with Gasteiger partial charge in [-0.2, -0.15) is 0 Å². The second-order valence-electron chi connectivity index (χ2n) is 15.8. The van der Waals surface area contributed by atoms with Crippen LogP contribution in [0.15, 0.2) is 103 Å². The summed E-state index contributed by atoms with van der Waals surface area (Å²) in [5.41, 5.74) is 9.09. The predicted molar refractivity (Wildman–Crippen MR) is 203 cm³/mol. The van der Waals surface area contributed by atoms with Crippen molar-refractivity contribution in [1.29, 1.82) is 0 Å². The number of anilines is 3. The summed E-state index contributed by atoms with van der Waals surface area (Å²) in [4.78, 5) is 2.29. The van der Waals surface area contributed by atoms with Crippen LogP contribution in [0.5, 0.6) is 0 Å². The molecule has 5 aromatic rings. The zero-order valence-corrected chi connectivity index (χ0v) is 30.0. The molecule has 248 valence electrons. The fourth-order valence-corrected chi connectivity index (χ4v) is 7.09. The van der Waals surface area contributed by atoms with E-state index in [9.17, 15) is 0 Å². The lowest BCUT2D eigenvalue weighted by Crippen LogP contribution is -2.41. The van der Waals surface area contributed by atoms with Crippen LogP contribution >= 0.6 is 0 Å². The van der Waals surface area contributed by atoms with E-state index in [1.165, 1.54) is 39.4 Å². The molecule has 8 rings (SSSR count). The number of nitrogens with zero attached hydrogens (tertiary/aromatic N) is 1. The van der Waals surface area contributed by atoms with Gasteiger partial charge in [0.2, 0.25) is 0 Å². The molecule has 0 atom stereocenters. The molecule has 0 radical (unpaired) electrons. The standard InChI is InChI=1S/C42H45B2NO4/c1-39(2)40(3,4)47-43(46-39)30-16-22-33(23-17-30)45(34-24-18-31(19-25-34)44-48-41(5,6)42(7,8)49-44)32-20-13-28(14-21-32)38-27-29-15-26-35(29)36-11-9-10-12-37(36)38/h9-14,16-25,27H,15,26H2,1-8H3. The molecule has 0 N–H and O–H groups in total. The fourth-order valence-electron chi connectivity index (χ4n) is 7.09. The molecule has 2 aliphatic heterocycles. The van der Waals surface area contributed by atoms with Crippen LogP contribution in [0.3, 0.4) is 0 Å². The van der Waals surface area contributed by atoms with Gasteiger partial charge < -0.3 is 23.5 Å². The lowest BCUT2D eigenvalue weighted by molar-refractivity contribution is 0.00578. The third kappa shape index (κ3) is 5.43. The summed E-state index contributed by atoms with van der Waals surface area (Å²) in [5.74, 6) is 0. The summed E-state index contributed by atoms with van der Waals surface area (Å²) in [5, 5.41) is 2.71. The van der Waals surface area contributed by atoms with Crippen molar-refractivity contribution in [1.82, 2.24) is 0 Å². The molecule has 49 heavy (non-hydrogen) atoms. The minimum Gasteiger partial charge on any atom is -0.399 e. The average Bonchev–Trinajstić information content (AvgIpc) is 3.41. The molecule has 0 amide bonds. The first-order chi connectivity index (χ1) is 23.2. The predicted octanol–water partition coefficient (Wildman–Crippen LogP) is 8.67. The maximum atomic E-state index is 6.36. The molecule has 5 aromatic carbocycles. The molecule has 5 nitrogen and oxygen atoms in total. The van der Waals surface area contributed by atoms with Gasteiger partial charge in [-0.3, -0.25) is 0 Å². The van der Waals surface area contributed by atoms with Crippen molar-refractivity contribution in [3.63, 3.8) is 0 Å². The second-order valence-corrected chi connectivity index (χ2v) is 15.8. The zero-order valence-electron chi connectivity index (χ0n) is 30.0. The topological polar surface area (TPSA) is 40.2 Å². The maximum Gasteiger partial charge on any atom is 0.494 e. The highest BCUT2D eigenvalue weighted by Crippen LogP contribution is 2.41. The number of aryl methyl sites for hydroxylation is 2. The third-order valence-corrected chi connectivity index (χ3v) is 11.7. The van der Waals surface area contributed by atoms with Gasteiger partial charge in [-0.25, -0.2) is 0 Å². The van der Waals surface area contributed by atoms with Gasteiger partial charge in [-0.15, -0.1) is 0 Å². The number of rotatable bonds is 6. The quantitative estimate of drug-likeness (QED) is 0.172. The summed E-state index contributed by atoms with van der Waals surface area (Å²) in [6.07, 6.45) is 2.33. The van der Waals surface area contributed by atoms with Crippen LogP contribution < -0.4 is 15.8 Å². The lowest BCUT2D eigenvalue weighted by atomic mass is 9.79. The molecule has 3 aliphatic rings. The minimum absolute atomic E-state index is 0.395. The molecular formula is C42H45B2NO4. The van der Waals surface area contributed by atoms with Crippen LogP contribution in [0, 0.1) is 0 Å². The summed E-state index contributed by atoms with van der Waals surface area (Å²) >= 11 is 0. The van der Waals surface area contributed by atoms with E-state index < -0.39 is 36.6 Å². The molecule has 0 spiro atoms. The molecule has 2 fully saturated rings. The first kappa shape index (κ1) is 32.3. The summed E-state index contributed by atoms with van der Waals surface area (Å²) in [6.45, 7) is 16.7. The Hall–Kier alpha value is -3.87. The van der Waals surface area contributed by atoms with Gasteiger partial charge >= 0.3 is 14.2 Å². The first-order valence-corrected chi connectivity index (χ1v) is 17.6. The molecule has 0 aromatic heterocycles. The first-order valence-electron chi connectivity index (χ1n) is 17.6.